The van der Waals surface area contributed by atoms with Crippen molar-refractivity contribution < 1.29 is 14.6 Å². The number of aliphatic hydroxyl groups excluding tert-OH is 1. The molecule has 0 aliphatic carbocycles. The third kappa shape index (κ3) is 4.77. The van der Waals surface area contributed by atoms with Gasteiger partial charge in [-0.2, -0.15) is 0 Å². The molecule has 0 spiro atoms. The number of carbonyl (C=O) groups is 1. The lowest BCUT2D eigenvalue weighted by Gasteiger charge is -2.32. The fourth-order valence-corrected chi connectivity index (χ4v) is 5.62. The van der Waals surface area contributed by atoms with Crippen molar-refractivity contribution in [1.82, 2.24) is 0 Å². The second-order valence-electron chi connectivity index (χ2n) is 9.88. The number of Topliss-reactive ketones (excluding diaryl/α,β-unsaturated/α-hetero) is 1. The van der Waals surface area contributed by atoms with Gasteiger partial charge in [-0.3, -0.25) is 4.79 Å². The molecule has 1 N–H and O–H groups in total. The molecule has 0 saturated carbocycles. The maximum absolute atomic E-state index is 11.8. The van der Waals surface area contributed by atoms with Crippen LogP contribution in [0.2, 0.25) is 0 Å². The summed E-state index contributed by atoms with van der Waals surface area (Å²) in [4.78, 5) is 13.2. The van der Waals surface area contributed by atoms with Crippen LogP contribution >= 0.6 is 11.3 Å². The molecule has 1 atom stereocenters. The van der Waals surface area contributed by atoms with Gasteiger partial charge >= 0.3 is 0 Å². The number of aliphatic hydroxyl groups is 1. The molecule has 3 rings (SSSR count). The average Bonchev–Trinajstić information content (AvgIpc) is 3.17. The number of benzene rings is 2. The summed E-state index contributed by atoms with van der Waals surface area (Å²) < 4.78 is 7.13. The highest BCUT2D eigenvalue weighted by atomic mass is 32.1. The van der Waals surface area contributed by atoms with E-state index in [0.717, 1.165) is 34.4 Å². The van der Waals surface area contributed by atoms with Gasteiger partial charge in [-0.25, -0.2) is 0 Å². The fraction of sp³-hybridized carbons (Fsp3) is 0.464. The molecular weight excluding hydrogens is 416 g/mol. The first-order chi connectivity index (χ1) is 15.0. The van der Waals surface area contributed by atoms with Gasteiger partial charge in [0.2, 0.25) is 0 Å². The molecule has 3 aromatic rings. The van der Waals surface area contributed by atoms with Gasteiger partial charge in [0.05, 0.1) is 6.10 Å². The van der Waals surface area contributed by atoms with E-state index in [2.05, 4.69) is 45.0 Å². The molecule has 32 heavy (non-hydrogen) atoms. The average molecular weight is 453 g/mol. The summed E-state index contributed by atoms with van der Waals surface area (Å²) in [6.07, 6.45) is 1.45. The van der Waals surface area contributed by atoms with Crippen molar-refractivity contribution >= 4 is 27.2 Å². The molecule has 3 nitrogen and oxygen atoms in total. The van der Waals surface area contributed by atoms with Crippen molar-refractivity contribution in [3.05, 3.63) is 64.0 Å². The quantitative estimate of drug-likeness (QED) is 0.365. The number of ether oxygens (including phenoxy) is 1. The summed E-state index contributed by atoms with van der Waals surface area (Å²) in [6.45, 7) is 14.5. The first-order valence-corrected chi connectivity index (χ1v) is 12.3. The minimum Gasteiger partial charge on any atom is -0.491 e. The number of carbonyl (C=O) groups excluding carboxylic acids is 1. The van der Waals surface area contributed by atoms with Crippen LogP contribution in [0, 0.1) is 12.3 Å². The number of fused-ring (bicyclic) bond motifs is 1. The van der Waals surface area contributed by atoms with E-state index in [1.807, 2.05) is 39.0 Å². The van der Waals surface area contributed by atoms with Gasteiger partial charge in [0, 0.05) is 20.6 Å². The monoisotopic (exact) mass is 452 g/mol. The summed E-state index contributed by atoms with van der Waals surface area (Å²) in [5.74, 6) is 0.919. The maximum atomic E-state index is 11.8. The number of ketones is 1. The largest absolute Gasteiger partial charge is 0.491 e. The smallest absolute Gasteiger partial charge is 0.159 e. The Kier molecular flexibility index (Phi) is 7.16. The van der Waals surface area contributed by atoms with Crippen LogP contribution in [0.4, 0.5) is 0 Å². The molecule has 2 aromatic carbocycles. The lowest BCUT2D eigenvalue weighted by molar-refractivity contribution is 0.0216. The topological polar surface area (TPSA) is 46.5 Å². The molecule has 0 radical (unpaired) electrons. The Morgan fingerprint density at radius 1 is 1.06 bits per heavy atom. The first kappa shape index (κ1) is 24.5. The van der Waals surface area contributed by atoms with Crippen LogP contribution in [0.1, 0.15) is 80.7 Å². The van der Waals surface area contributed by atoms with Gasteiger partial charge in [0.1, 0.15) is 12.4 Å². The zero-order valence-corrected chi connectivity index (χ0v) is 21.2. The Balaban J connectivity index is 1.96. The molecule has 1 heterocycles. The zero-order valence-electron chi connectivity index (χ0n) is 20.4. The fourth-order valence-electron chi connectivity index (χ4n) is 4.16. The van der Waals surface area contributed by atoms with E-state index in [4.69, 9.17) is 4.74 Å². The van der Waals surface area contributed by atoms with Gasteiger partial charge in [-0.1, -0.05) is 58.9 Å². The molecule has 0 amide bonds. The highest BCUT2D eigenvalue weighted by molar-refractivity contribution is 7.19. The predicted molar refractivity (Wildman–Crippen MR) is 135 cm³/mol. The van der Waals surface area contributed by atoms with Crippen LogP contribution in [0.5, 0.6) is 5.75 Å². The third-order valence-corrected chi connectivity index (χ3v) is 8.03. The van der Waals surface area contributed by atoms with Gasteiger partial charge in [-0.15, -0.1) is 11.3 Å². The SMILES string of the molecule is CCC(CC)(c1ccc(OC[C@@H](O)C(C)(C)C)c(C)c1)c1cc2ccc(C(C)=O)cc2s1. The number of hydrogen-bond donors (Lipinski definition) is 1. The van der Waals surface area contributed by atoms with Crippen molar-refractivity contribution in [2.75, 3.05) is 6.61 Å². The van der Waals surface area contributed by atoms with E-state index in [1.54, 1.807) is 18.3 Å². The highest BCUT2D eigenvalue weighted by Crippen LogP contribution is 2.45. The van der Waals surface area contributed by atoms with Crippen molar-refractivity contribution in [2.45, 2.75) is 72.8 Å². The summed E-state index contributed by atoms with van der Waals surface area (Å²) in [6, 6.07) is 14.7. The van der Waals surface area contributed by atoms with Gasteiger partial charge in [0.15, 0.2) is 5.78 Å². The van der Waals surface area contributed by atoms with Crippen LogP contribution in [-0.4, -0.2) is 23.6 Å². The summed E-state index contributed by atoms with van der Waals surface area (Å²) >= 11 is 1.79. The number of hydrogen-bond acceptors (Lipinski definition) is 4. The third-order valence-electron chi connectivity index (χ3n) is 6.73. The predicted octanol–water partition coefficient (Wildman–Crippen LogP) is 7.30. The number of rotatable bonds is 8. The van der Waals surface area contributed by atoms with Gasteiger partial charge < -0.3 is 9.84 Å². The molecular formula is C28H36O3S. The first-order valence-electron chi connectivity index (χ1n) is 11.5. The summed E-state index contributed by atoms with van der Waals surface area (Å²) in [5.41, 5.74) is 2.82. The molecule has 0 unspecified atom stereocenters. The van der Waals surface area contributed by atoms with Crippen molar-refractivity contribution in [3.63, 3.8) is 0 Å². The van der Waals surface area contributed by atoms with Crippen molar-refractivity contribution in [2.24, 2.45) is 5.41 Å². The summed E-state index contributed by atoms with van der Waals surface area (Å²) in [7, 11) is 0. The minimum atomic E-state index is -0.523. The highest BCUT2D eigenvalue weighted by Gasteiger charge is 2.33. The van der Waals surface area contributed by atoms with Crippen LogP contribution in [-0.2, 0) is 5.41 Å². The van der Waals surface area contributed by atoms with Crippen LogP contribution in [0.25, 0.3) is 10.1 Å². The minimum absolute atomic E-state index is 0.0890. The molecule has 4 heteroatoms. The van der Waals surface area contributed by atoms with Crippen molar-refractivity contribution in [1.29, 1.82) is 0 Å². The van der Waals surface area contributed by atoms with Gasteiger partial charge in [-0.05, 0) is 66.8 Å². The Morgan fingerprint density at radius 3 is 2.31 bits per heavy atom. The molecule has 0 bridgehead atoms. The van der Waals surface area contributed by atoms with E-state index in [1.165, 1.54) is 15.8 Å². The normalized spacial score (nSPS) is 13.4. The Hall–Kier alpha value is -2.17. The van der Waals surface area contributed by atoms with Gasteiger partial charge in [0.25, 0.3) is 0 Å². The number of thiophene rings is 1. The Labute approximate surface area is 196 Å². The summed E-state index contributed by atoms with van der Waals surface area (Å²) in [5, 5.41) is 11.5. The lowest BCUT2D eigenvalue weighted by atomic mass is 9.74. The molecule has 172 valence electrons. The van der Waals surface area contributed by atoms with E-state index in [9.17, 15) is 9.90 Å². The van der Waals surface area contributed by atoms with E-state index >= 15 is 0 Å². The molecule has 0 aliphatic heterocycles. The molecule has 0 saturated heterocycles. The van der Waals surface area contributed by atoms with E-state index < -0.39 is 6.10 Å². The van der Waals surface area contributed by atoms with E-state index in [0.29, 0.717) is 0 Å². The Morgan fingerprint density at radius 2 is 1.75 bits per heavy atom. The zero-order chi connectivity index (χ0) is 23.7. The molecule has 1 aromatic heterocycles. The molecule has 0 fully saturated rings. The van der Waals surface area contributed by atoms with Crippen LogP contribution in [0.15, 0.2) is 42.5 Å². The Bertz CT molecular complexity index is 1100. The molecule has 0 aliphatic rings. The lowest BCUT2D eigenvalue weighted by Crippen LogP contribution is -2.32. The van der Waals surface area contributed by atoms with Crippen LogP contribution < -0.4 is 4.74 Å². The standard InChI is InChI=1S/C28H36O3S/c1-8-28(9-2,26-16-21-11-10-20(19(4)29)15-24(21)32-26)22-12-13-23(18(3)14-22)31-17-25(30)27(5,6)7/h10-16,25,30H,8-9,17H2,1-7H3/t25-/m1/s1. The van der Waals surface area contributed by atoms with E-state index in [-0.39, 0.29) is 23.2 Å². The van der Waals surface area contributed by atoms with Crippen LogP contribution in [0.3, 0.4) is 0 Å². The maximum Gasteiger partial charge on any atom is 0.159 e. The van der Waals surface area contributed by atoms with Crippen molar-refractivity contribution in [3.8, 4) is 5.75 Å². The second-order valence-corrected chi connectivity index (χ2v) is 11.0. The second kappa shape index (κ2) is 9.36. The number of aryl methyl sites for hydroxylation is 1.